The van der Waals surface area contributed by atoms with E-state index in [9.17, 15) is 9.59 Å². The number of carbonyl (C=O) groups is 2. The second-order valence-corrected chi connectivity index (χ2v) is 5.39. The minimum absolute atomic E-state index is 0.0138. The number of amides is 2. The van der Waals surface area contributed by atoms with E-state index >= 15 is 0 Å². The summed E-state index contributed by atoms with van der Waals surface area (Å²) in [5.74, 6) is 0.798. The second kappa shape index (κ2) is 9.91. The third-order valence-corrected chi connectivity index (χ3v) is 3.56. The fourth-order valence-corrected chi connectivity index (χ4v) is 2.24. The Morgan fingerprint density at radius 1 is 0.963 bits per heavy atom. The molecule has 8 heteroatoms. The largest absolute Gasteiger partial charge is 0.497 e. The maximum Gasteiger partial charge on any atom is 0.269 e. The summed E-state index contributed by atoms with van der Waals surface area (Å²) in [6.45, 7) is 2.33. The predicted molar refractivity (Wildman–Crippen MR) is 101 cm³/mol. The first-order valence-electron chi connectivity index (χ1n) is 8.35. The van der Waals surface area contributed by atoms with E-state index in [1.54, 1.807) is 49.6 Å². The van der Waals surface area contributed by atoms with Crippen molar-refractivity contribution in [2.24, 2.45) is 0 Å². The van der Waals surface area contributed by atoms with Gasteiger partial charge < -0.3 is 19.5 Å². The van der Waals surface area contributed by atoms with Crippen LogP contribution in [0.5, 0.6) is 17.2 Å². The number of hydrogen-bond donors (Lipinski definition) is 3. The van der Waals surface area contributed by atoms with E-state index in [-0.39, 0.29) is 6.54 Å². The van der Waals surface area contributed by atoms with Gasteiger partial charge in [-0.3, -0.25) is 20.4 Å². The molecule has 0 fully saturated rings. The molecule has 0 radical (unpaired) electrons. The summed E-state index contributed by atoms with van der Waals surface area (Å²) in [6.07, 6.45) is 0. The molecule has 0 atom stereocenters. The first kappa shape index (κ1) is 19.9. The second-order valence-electron chi connectivity index (χ2n) is 5.39. The Kier molecular flexibility index (Phi) is 7.30. The number of ether oxygens (including phenoxy) is 3. The van der Waals surface area contributed by atoms with E-state index in [1.165, 1.54) is 7.11 Å². The summed E-state index contributed by atoms with van der Waals surface area (Å²) in [7, 11) is 3.06. The van der Waals surface area contributed by atoms with Crippen molar-refractivity contribution in [3.63, 3.8) is 0 Å². The zero-order valence-electron chi connectivity index (χ0n) is 15.5. The molecule has 2 aromatic rings. The van der Waals surface area contributed by atoms with Gasteiger partial charge in [0.15, 0.2) is 11.5 Å². The molecule has 0 aliphatic carbocycles. The van der Waals surface area contributed by atoms with E-state index in [0.717, 1.165) is 5.69 Å². The lowest BCUT2D eigenvalue weighted by molar-refractivity contribution is -0.120. The Morgan fingerprint density at radius 3 is 2.48 bits per heavy atom. The van der Waals surface area contributed by atoms with Crippen LogP contribution in [0.4, 0.5) is 5.69 Å². The highest BCUT2D eigenvalue weighted by molar-refractivity contribution is 5.96. The van der Waals surface area contributed by atoms with Crippen LogP contribution in [-0.2, 0) is 4.79 Å². The normalized spacial score (nSPS) is 9.89. The van der Waals surface area contributed by atoms with Crippen LogP contribution in [0.25, 0.3) is 0 Å². The maximum absolute atomic E-state index is 12.2. The zero-order chi connectivity index (χ0) is 19.6. The Morgan fingerprint density at radius 2 is 1.78 bits per heavy atom. The highest BCUT2D eigenvalue weighted by Crippen LogP contribution is 2.27. The quantitative estimate of drug-likeness (QED) is 0.612. The number of nitrogens with one attached hydrogen (secondary N) is 3. The third kappa shape index (κ3) is 5.81. The lowest BCUT2D eigenvalue weighted by Crippen LogP contribution is -2.44. The highest BCUT2D eigenvalue weighted by Gasteiger charge is 2.12. The Hall–Kier alpha value is -3.42. The monoisotopic (exact) mass is 373 g/mol. The average Bonchev–Trinajstić information content (AvgIpc) is 2.71. The summed E-state index contributed by atoms with van der Waals surface area (Å²) in [5, 5.41) is 2.94. The van der Waals surface area contributed by atoms with Crippen LogP contribution in [0.1, 0.15) is 17.3 Å². The van der Waals surface area contributed by atoms with Crippen LogP contribution >= 0.6 is 0 Å². The topological polar surface area (TPSA) is 97.9 Å². The van der Waals surface area contributed by atoms with Crippen LogP contribution in [0, 0.1) is 0 Å². The Bertz CT molecular complexity index is 795. The van der Waals surface area contributed by atoms with E-state index in [0.29, 0.717) is 29.4 Å². The highest BCUT2D eigenvalue weighted by atomic mass is 16.5. The predicted octanol–water partition coefficient (Wildman–Crippen LogP) is 1.98. The number of methoxy groups -OCH3 is 2. The molecule has 0 saturated carbocycles. The van der Waals surface area contributed by atoms with E-state index in [4.69, 9.17) is 14.2 Å². The molecule has 0 bridgehead atoms. The molecule has 144 valence electrons. The van der Waals surface area contributed by atoms with Gasteiger partial charge in [-0.05, 0) is 37.3 Å². The summed E-state index contributed by atoms with van der Waals surface area (Å²) < 4.78 is 15.7. The van der Waals surface area contributed by atoms with Crippen molar-refractivity contribution in [3.8, 4) is 17.2 Å². The Labute approximate surface area is 157 Å². The number of hydrogen-bond acceptors (Lipinski definition) is 6. The standard InChI is InChI=1S/C19H23N3O5/c1-4-27-16-9-8-13(10-17(16)26-3)19(24)22-21-18(23)12-20-14-6-5-7-15(11-14)25-2/h5-11,20H,4,12H2,1-3H3,(H,21,23)(H,22,24). The van der Waals surface area contributed by atoms with Crippen molar-refractivity contribution < 1.29 is 23.8 Å². The average molecular weight is 373 g/mol. The minimum Gasteiger partial charge on any atom is -0.497 e. The van der Waals surface area contributed by atoms with Crippen molar-refractivity contribution in [2.75, 3.05) is 32.7 Å². The molecule has 2 amide bonds. The molecule has 0 aliphatic heterocycles. The van der Waals surface area contributed by atoms with Crippen molar-refractivity contribution >= 4 is 17.5 Å². The van der Waals surface area contributed by atoms with Gasteiger partial charge in [-0.1, -0.05) is 6.07 Å². The molecule has 0 aromatic heterocycles. The van der Waals surface area contributed by atoms with Crippen LogP contribution in [0.15, 0.2) is 42.5 Å². The summed E-state index contributed by atoms with van der Waals surface area (Å²) in [5.41, 5.74) is 5.77. The van der Waals surface area contributed by atoms with Crippen molar-refractivity contribution in [1.29, 1.82) is 0 Å². The van der Waals surface area contributed by atoms with E-state index < -0.39 is 11.8 Å². The fourth-order valence-electron chi connectivity index (χ4n) is 2.24. The van der Waals surface area contributed by atoms with Crippen LogP contribution < -0.4 is 30.4 Å². The maximum atomic E-state index is 12.2. The molecule has 8 nitrogen and oxygen atoms in total. The molecule has 0 unspecified atom stereocenters. The van der Waals surface area contributed by atoms with Crippen molar-refractivity contribution in [1.82, 2.24) is 10.9 Å². The lowest BCUT2D eigenvalue weighted by atomic mass is 10.2. The molecular formula is C19H23N3O5. The van der Waals surface area contributed by atoms with Crippen molar-refractivity contribution in [3.05, 3.63) is 48.0 Å². The van der Waals surface area contributed by atoms with Gasteiger partial charge in [0.05, 0.1) is 27.4 Å². The molecule has 27 heavy (non-hydrogen) atoms. The van der Waals surface area contributed by atoms with E-state index in [2.05, 4.69) is 16.2 Å². The number of anilines is 1. The van der Waals surface area contributed by atoms with Gasteiger partial charge >= 0.3 is 0 Å². The van der Waals surface area contributed by atoms with Gasteiger partial charge in [0.2, 0.25) is 0 Å². The third-order valence-electron chi connectivity index (χ3n) is 3.56. The molecule has 2 aromatic carbocycles. The summed E-state index contributed by atoms with van der Waals surface area (Å²) in [4.78, 5) is 24.1. The van der Waals surface area contributed by atoms with Gasteiger partial charge in [-0.15, -0.1) is 0 Å². The van der Waals surface area contributed by atoms with Gasteiger partial charge in [0.1, 0.15) is 5.75 Å². The fraction of sp³-hybridized carbons (Fsp3) is 0.263. The van der Waals surface area contributed by atoms with Gasteiger partial charge in [0, 0.05) is 17.3 Å². The van der Waals surface area contributed by atoms with Crippen LogP contribution in [0.3, 0.4) is 0 Å². The smallest absolute Gasteiger partial charge is 0.269 e. The molecule has 0 spiro atoms. The van der Waals surface area contributed by atoms with Gasteiger partial charge in [-0.25, -0.2) is 0 Å². The lowest BCUT2D eigenvalue weighted by Gasteiger charge is -2.12. The van der Waals surface area contributed by atoms with Crippen LogP contribution in [-0.4, -0.2) is 39.2 Å². The molecular weight excluding hydrogens is 350 g/mol. The zero-order valence-corrected chi connectivity index (χ0v) is 15.5. The molecule has 0 heterocycles. The number of carbonyl (C=O) groups excluding carboxylic acids is 2. The minimum atomic E-state index is -0.467. The first-order chi connectivity index (χ1) is 13.1. The first-order valence-corrected chi connectivity index (χ1v) is 8.35. The molecule has 0 aliphatic rings. The Balaban J connectivity index is 1.86. The van der Waals surface area contributed by atoms with Gasteiger partial charge in [-0.2, -0.15) is 0 Å². The summed E-state index contributed by atoms with van der Waals surface area (Å²) >= 11 is 0. The van der Waals surface area contributed by atoms with E-state index in [1.807, 2.05) is 6.92 Å². The number of benzene rings is 2. The van der Waals surface area contributed by atoms with Gasteiger partial charge in [0.25, 0.3) is 11.8 Å². The number of hydrazine groups is 1. The van der Waals surface area contributed by atoms with Crippen LogP contribution in [0.2, 0.25) is 0 Å². The molecule has 3 N–H and O–H groups in total. The number of rotatable bonds is 8. The molecule has 2 rings (SSSR count). The van der Waals surface area contributed by atoms with Crippen molar-refractivity contribution in [2.45, 2.75) is 6.92 Å². The SMILES string of the molecule is CCOc1ccc(C(=O)NNC(=O)CNc2cccc(OC)c2)cc1OC. The molecule has 0 saturated heterocycles. The summed E-state index contributed by atoms with van der Waals surface area (Å²) in [6, 6.07) is 11.9.